The highest BCUT2D eigenvalue weighted by atomic mass is 16.5. The number of hydrogen-bond donors (Lipinski definition) is 1. The Morgan fingerprint density at radius 3 is 2.92 bits per heavy atom. The van der Waals surface area contributed by atoms with Crippen molar-refractivity contribution in [1.29, 1.82) is 0 Å². The topological polar surface area (TPSA) is 46.5 Å². The van der Waals surface area contributed by atoms with Gasteiger partial charge in [0, 0.05) is 6.61 Å². The van der Waals surface area contributed by atoms with Crippen molar-refractivity contribution in [1.82, 2.24) is 0 Å². The van der Waals surface area contributed by atoms with Gasteiger partial charge in [0.05, 0.1) is 12.5 Å². The van der Waals surface area contributed by atoms with Gasteiger partial charge in [-0.2, -0.15) is 0 Å². The van der Waals surface area contributed by atoms with Crippen molar-refractivity contribution in [3.63, 3.8) is 0 Å². The molecule has 2 atom stereocenters. The Morgan fingerprint density at radius 1 is 1.54 bits per heavy atom. The number of aliphatic hydroxyl groups is 1. The van der Waals surface area contributed by atoms with Crippen LogP contribution in [-0.2, 0) is 9.53 Å². The molecule has 0 aromatic carbocycles. The quantitative estimate of drug-likeness (QED) is 0.677. The van der Waals surface area contributed by atoms with Crippen molar-refractivity contribution >= 4 is 5.97 Å². The number of ether oxygens (including phenoxy) is 1. The predicted molar refractivity (Wildman–Crippen MR) is 49.2 cm³/mol. The van der Waals surface area contributed by atoms with Crippen molar-refractivity contribution < 1.29 is 14.6 Å². The van der Waals surface area contributed by atoms with Crippen molar-refractivity contribution in [3.8, 4) is 0 Å². The molecule has 1 aliphatic carbocycles. The maximum absolute atomic E-state index is 11.4. The summed E-state index contributed by atoms with van der Waals surface area (Å²) in [6.45, 7) is 2.49. The van der Waals surface area contributed by atoms with Crippen LogP contribution in [0.15, 0.2) is 0 Å². The van der Waals surface area contributed by atoms with E-state index in [1.807, 2.05) is 6.92 Å². The molecule has 0 spiro atoms. The highest BCUT2D eigenvalue weighted by Crippen LogP contribution is 2.29. The fraction of sp³-hybridized carbons (Fsp3) is 0.900. The number of carbonyl (C=O) groups excluding carboxylic acids is 1. The van der Waals surface area contributed by atoms with Gasteiger partial charge in [0.15, 0.2) is 0 Å². The summed E-state index contributed by atoms with van der Waals surface area (Å²) in [6.07, 6.45) is 3.81. The van der Waals surface area contributed by atoms with E-state index >= 15 is 0 Å². The number of aliphatic hydroxyl groups excluding tert-OH is 1. The second-order valence-corrected chi connectivity index (χ2v) is 3.66. The molecule has 0 aromatic rings. The van der Waals surface area contributed by atoms with E-state index < -0.39 is 0 Å². The highest BCUT2D eigenvalue weighted by Gasteiger charge is 2.27. The van der Waals surface area contributed by atoms with Gasteiger partial charge in [-0.05, 0) is 32.1 Å². The first kappa shape index (κ1) is 10.5. The Hall–Kier alpha value is -0.570. The van der Waals surface area contributed by atoms with Crippen LogP contribution < -0.4 is 0 Å². The van der Waals surface area contributed by atoms with Crippen LogP contribution in [0.1, 0.15) is 32.6 Å². The van der Waals surface area contributed by atoms with Crippen LogP contribution in [0.3, 0.4) is 0 Å². The molecule has 1 unspecified atom stereocenters. The van der Waals surface area contributed by atoms with Gasteiger partial charge in [0.1, 0.15) is 0 Å². The lowest BCUT2D eigenvalue weighted by Gasteiger charge is -2.26. The highest BCUT2D eigenvalue weighted by molar-refractivity contribution is 5.72. The fourth-order valence-corrected chi connectivity index (χ4v) is 1.93. The smallest absolute Gasteiger partial charge is 0.308 e. The first-order chi connectivity index (χ1) is 6.27. The molecule has 1 saturated carbocycles. The van der Waals surface area contributed by atoms with Gasteiger partial charge in [-0.25, -0.2) is 0 Å². The summed E-state index contributed by atoms with van der Waals surface area (Å²) in [5.74, 6) is 0.259. The summed E-state index contributed by atoms with van der Waals surface area (Å²) < 4.78 is 4.95. The molecular formula is C10H18O3. The van der Waals surface area contributed by atoms with Crippen LogP contribution in [0.2, 0.25) is 0 Å². The Labute approximate surface area is 79.1 Å². The van der Waals surface area contributed by atoms with Crippen LogP contribution in [0.5, 0.6) is 0 Å². The Bertz CT molecular complexity index is 168. The normalized spacial score (nSPS) is 28.5. The number of hydrogen-bond acceptors (Lipinski definition) is 3. The molecule has 0 aliphatic heterocycles. The molecule has 1 rings (SSSR count). The average Bonchev–Trinajstić information content (AvgIpc) is 2.18. The molecule has 13 heavy (non-hydrogen) atoms. The molecule has 0 radical (unpaired) electrons. The lowest BCUT2D eigenvalue weighted by atomic mass is 9.82. The zero-order chi connectivity index (χ0) is 9.68. The molecule has 0 aromatic heterocycles. The molecule has 3 nitrogen and oxygen atoms in total. The third-order valence-electron chi connectivity index (χ3n) is 2.66. The van der Waals surface area contributed by atoms with Crippen LogP contribution in [-0.4, -0.2) is 24.3 Å². The van der Waals surface area contributed by atoms with E-state index in [1.165, 1.54) is 0 Å². The molecular weight excluding hydrogens is 168 g/mol. The standard InChI is InChI=1S/C10H18O3/c1-2-13-10(12)9-5-3-4-8(6-9)7-11/h8-9,11H,2-7H2,1H3/t8-,9?/m0/s1. The van der Waals surface area contributed by atoms with Gasteiger partial charge in [0.2, 0.25) is 0 Å². The Balaban J connectivity index is 2.37. The van der Waals surface area contributed by atoms with Crippen molar-refractivity contribution in [3.05, 3.63) is 0 Å². The maximum Gasteiger partial charge on any atom is 0.308 e. The zero-order valence-electron chi connectivity index (χ0n) is 8.16. The van der Waals surface area contributed by atoms with E-state index in [9.17, 15) is 4.79 Å². The van der Waals surface area contributed by atoms with Gasteiger partial charge in [-0.15, -0.1) is 0 Å². The van der Waals surface area contributed by atoms with E-state index in [0.29, 0.717) is 12.5 Å². The first-order valence-electron chi connectivity index (χ1n) is 5.05. The third-order valence-corrected chi connectivity index (χ3v) is 2.66. The fourth-order valence-electron chi connectivity index (χ4n) is 1.93. The van der Waals surface area contributed by atoms with E-state index in [-0.39, 0.29) is 18.5 Å². The van der Waals surface area contributed by atoms with Crippen LogP contribution in [0.25, 0.3) is 0 Å². The zero-order valence-corrected chi connectivity index (χ0v) is 8.16. The van der Waals surface area contributed by atoms with Crippen molar-refractivity contribution in [2.24, 2.45) is 11.8 Å². The molecule has 76 valence electrons. The molecule has 3 heteroatoms. The largest absolute Gasteiger partial charge is 0.466 e. The maximum atomic E-state index is 11.4. The third kappa shape index (κ3) is 2.99. The molecule has 1 aliphatic rings. The molecule has 0 amide bonds. The molecule has 0 saturated heterocycles. The lowest BCUT2D eigenvalue weighted by Crippen LogP contribution is -2.26. The van der Waals surface area contributed by atoms with Gasteiger partial charge >= 0.3 is 5.97 Å². The minimum Gasteiger partial charge on any atom is -0.466 e. The second kappa shape index (κ2) is 5.22. The Morgan fingerprint density at radius 2 is 2.31 bits per heavy atom. The van der Waals surface area contributed by atoms with Crippen LogP contribution in [0.4, 0.5) is 0 Å². The van der Waals surface area contributed by atoms with Gasteiger partial charge in [-0.1, -0.05) is 6.42 Å². The SMILES string of the molecule is CCOC(=O)C1CCC[C@H](CO)C1. The van der Waals surface area contributed by atoms with E-state index in [0.717, 1.165) is 25.7 Å². The number of carbonyl (C=O) groups is 1. The summed E-state index contributed by atoms with van der Waals surface area (Å²) in [6, 6.07) is 0. The van der Waals surface area contributed by atoms with Gasteiger partial charge < -0.3 is 9.84 Å². The van der Waals surface area contributed by atoms with Crippen molar-refractivity contribution in [2.75, 3.05) is 13.2 Å². The van der Waals surface area contributed by atoms with Crippen molar-refractivity contribution in [2.45, 2.75) is 32.6 Å². The summed E-state index contributed by atoms with van der Waals surface area (Å²) in [5.41, 5.74) is 0. The van der Waals surface area contributed by atoms with Crippen LogP contribution >= 0.6 is 0 Å². The molecule has 1 N–H and O–H groups in total. The molecule has 0 bridgehead atoms. The summed E-state index contributed by atoms with van der Waals surface area (Å²) in [4.78, 5) is 11.4. The number of rotatable bonds is 3. The molecule has 1 fully saturated rings. The second-order valence-electron chi connectivity index (χ2n) is 3.66. The van der Waals surface area contributed by atoms with Gasteiger partial charge in [0.25, 0.3) is 0 Å². The molecule has 0 heterocycles. The monoisotopic (exact) mass is 186 g/mol. The summed E-state index contributed by atoms with van der Waals surface area (Å²) in [7, 11) is 0. The average molecular weight is 186 g/mol. The lowest BCUT2D eigenvalue weighted by molar-refractivity contribution is -0.149. The van der Waals surface area contributed by atoms with Crippen LogP contribution in [0, 0.1) is 11.8 Å². The summed E-state index contributed by atoms with van der Waals surface area (Å²) in [5, 5.41) is 8.97. The predicted octanol–water partition coefficient (Wildman–Crippen LogP) is 1.35. The van der Waals surface area contributed by atoms with Gasteiger partial charge in [-0.3, -0.25) is 4.79 Å². The minimum atomic E-state index is -0.0827. The first-order valence-corrected chi connectivity index (χ1v) is 5.05. The summed E-state index contributed by atoms with van der Waals surface area (Å²) >= 11 is 0. The Kier molecular flexibility index (Phi) is 4.22. The van der Waals surface area contributed by atoms with E-state index in [1.54, 1.807) is 0 Å². The van der Waals surface area contributed by atoms with E-state index in [2.05, 4.69) is 0 Å². The van der Waals surface area contributed by atoms with E-state index in [4.69, 9.17) is 9.84 Å². The number of esters is 1. The minimum absolute atomic E-state index is 0.0332.